The Morgan fingerprint density at radius 3 is 2.43 bits per heavy atom. The van der Waals surface area contributed by atoms with Gasteiger partial charge in [-0.25, -0.2) is 4.68 Å². The van der Waals surface area contributed by atoms with Crippen molar-refractivity contribution in [3.05, 3.63) is 55.9 Å². The average Bonchev–Trinajstić information content (AvgIpc) is 3.33. The van der Waals surface area contributed by atoms with Crippen LogP contribution in [0.25, 0.3) is 0 Å². The number of aryl methyl sites for hydroxylation is 3. The SMILES string of the molecule is Cc1nn(CCCNC(=O)c2ccn(Cn3nc(C)c([N+](=O)[O-])c3C)n2)c(C)c1Cl. The van der Waals surface area contributed by atoms with E-state index < -0.39 is 4.92 Å². The second-order valence-corrected chi connectivity index (χ2v) is 7.35. The van der Waals surface area contributed by atoms with E-state index in [-0.39, 0.29) is 24.0 Å². The number of hydrogen-bond donors (Lipinski definition) is 1. The smallest absolute Gasteiger partial charge is 0.312 e. The highest BCUT2D eigenvalue weighted by atomic mass is 35.5. The number of nitro groups is 1. The number of carbonyl (C=O) groups is 1. The molecule has 30 heavy (non-hydrogen) atoms. The zero-order valence-electron chi connectivity index (χ0n) is 17.2. The zero-order valence-corrected chi connectivity index (χ0v) is 18.0. The van der Waals surface area contributed by atoms with Crippen molar-refractivity contribution in [2.75, 3.05) is 6.54 Å². The molecular weight excluding hydrogens is 412 g/mol. The van der Waals surface area contributed by atoms with E-state index >= 15 is 0 Å². The fraction of sp³-hybridized carbons (Fsp3) is 0.444. The van der Waals surface area contributed by atoms with Crippen LogP contribution in [0, 0.1) is 37.8 Å². The Balaban J connectivity index is 1.54. The second kappa shape index (κ2) is 8.66. The molecule has 11 nitrogen and oxygen atoms in total. The number of amides is 1. The second-order valence-electron chi connectivity index (χ2n) is 6.98. The highest BCUT2D eigenvalue weighted by Gasteiger charge is 2.22. The lowest BCUT2D eigenvalue weighted by molar-refractivity contribution is -0.386. The molecule has 0 saturated heterocycles. The highest BCUT2D eigenvalue weighted by Crippen LogP contribution is 2.21. The molecule has 0 unspecified atom stereocenters. The van der Waals surface area contributed by atoms with E-state index in [0.717, 1.165) is 11.4 Å². The van der Waals surface area contributed by atoms with Gasteiger partial charge in [-0.05, 0) is 40.2 Å². The quantitative estimate of drug-likeness (QED) is 0.329. The van der Waals surface area contributed by atoms with E-state index in [1.807, 2.05) is 18.5 Å². The van der Waals surface area contributed by atoms with Gasteiger partial charge in [0.2, 0.25) is 0 Å². The van der Waals surface area contributed by atoms with Crippen molar-refractivity contribution >= 4 is 23.2 Å². The molecule has 3 aromatic rings. The van der Waals surface area contributed by atoms with Crippen LogP contribution in [0.1, 0.15) is 39.7 Å². The molecular formula is C18H23ClN8O3. The van der Waals surface area contributed by atoms with Crippen LogP contribution in [0.4, 0.5) is 5.69 Å². The van der Waals surface area contributed by atoms with E-state index in [4.69, 9.17) is 11.6 Å². The first-order chi connectivity index (χ1) is 14.2. The van der Waals surface area contributed by atoms with Gasteiger partial charge in [0, 0.05) is 19.3 Å². The summed E-state index contributed by atoms with van der Waals surface area (Å²) in [6.07, 6.45) is 2.33. The molecule has 0 aromatic carbocycles. The van der Waals surface area contributed by atoms with Crippen molar-refractivity contribution in [3.8, 4) is 0 Å². The predicted octanol–water partition coefficient (Wildman–Crippen LogP) is 2.40. The first-order valence-electron chi connectivity index (χ1n) is 9.38. The maximum atomic E-state index is 12.3. The Morgan fingerprint density at radius 1 is 1.13 bits per heavy atom. The fourth-order valence-electron chi connectivity index (χ4n) is 3.20. The molecule has 3 rings (SSSR count). The molecule has 0 spiro atoms. The fourth-order valence-corrected chi connectivity index (χ4v) is 3.34. The molecule has 12 heteroatoms. The van der Waals surface area contributed by atoms with Gasteiger partial charge in [-0.1, -0.05) is 11.6 Å². The Bertz CT molecular complexity index is 1100. The van der Waals surface area contributed by atoms with Crippen molar-refractivity contribution in [3.63, 3.8) is 0 Å². The molecule has 0 bridgehead atoms. The summed E-state index contributed by atoms with van der Waals surface area (Å²) >= 11 is 6.13. The first-order valence-corrected chi connectivity index (χ1v) is 9.76. The summed E-state index contributed by atoms with van der Waals surface area (Å²) in [5.74, 6) is -0.292. The van der Waals surface area contributed by atoms with Gasteiger partial charge in [-0.15, -0.1) is 0 Å². The molecule has 1 amide bonds. The van der Waals surface area contributed by atoms with Crippen molar-refractivity contribution in [1.29, 1.82) is 0 Å². The number of rotatable bonds is 8. The van der Waals surface area contributed by atoms with Gasteiger partial charge in [0.25, 0.3) is 5.91 Å². The van der Waals surface area contributed by atoms with Gasteiger partial charge < -0.3 is 5.32 Å². The Morgan fingerprint density at radius 2 is 1.83 bits per heavy atom. The Hall–Kier alpha value is -3.21. The first kappa shape index (κ1) is 21.5. The van der Waals surface area contributed by atoms with Gasteiger partial charge in [0.15, 0.2) is 0 Å². The number of hydrogen-bond acceptors (Lipinski definition) is 6. The summed E-state index contributed by atoms with van der Waals surface area (Å²) in [6, 6.07) is 1.59. The topological polar surface area (TPSA) is 126 Å². The van der Waals surface area contributed by atoms with Crippen molar-refractivity contribution < 1.29 is 9.72 Å². The summed E-state index contributed by atoms with van der Waals surface area (Å²) in [5, 5.41) is 27.4. The molecule has 0 atom stereocenters. The molecule has 0 aliphatic carbocycles. The Kier molecular flexibility index (Phi) is 6.20. The number of halogens is 1. The molecule has 3 aromatic heterocycles. The predicted molar refractivity (Wildman–Crippen MR) is 110 cm³/mol. The number of aromatic nitrogens is 6. The minimum Gasteiger partial charge on any atom is -0.351 e. The van der Waals surface area contributed by atoms with E-state index in [1.54, 1.807) is 26.1 Å². The van der Waals surface area contributed by atoms with Crippen LogP contribution in [0.15, 0.2) is 12.3 Å². The summed E-state index contributed by atoms with van der Waals surface area (Å²) in [4.78, 5) is 23.0. The van der Waals surface area contributed by atoms with Crippen LogP contribution in [-0.2, 0) is 13.2 Å². The third-order valence-electron chi connectivity index (χ3n) is 4.80. The number of nitrogens with zero attached hydrogens (tertiary/aromatic N) is 7. The molecule has 0 aliphatic rings. The van der Waals surface area contributed by atoms with Crippen molar-refractivity contribution in [2.24, 2.45) is 0 Å². The van der Waals surface area contributed by atoms with Gasteiger partial charge >= 0.3 is 5.69 Å². The third-order valence-corrected chi connectivity index (χ3v) is 5.35. The number of nitrogens with one attached hydrogen (secondary N) is 1. The molecule has 1 N–H and O–H groups in total. The van der Waals surface area contributed by atoms with E-state index in [9.17, 15) is 14.9 Å². The summed E-state index contributed by atoms with van der Waals surface area (Å²) in [5.41, 5.74) is 2.72. The van der Waals surface area contributed by atoms with Crippen molar-refractivity contribution in [1.82, 2.24) is 34.7 Å². The maximum absolute atomic E-state index is 12.3. The minimum atomic E-state index is -0.448. The van der Waals surface area contributed by atoms with E-state index in [0.29, 0.717) is 35.9 Å². The van der Waals surface area contributed by atoms with E-state index in [1.165, 1.54) is 9.36 Å². The summed E-state index contributed by atoms with van der Waals surface area (Å²) in [6.45, 7) is 8.26. The van der Waals surface area contributed by atoms with Crippen LogP contribution >= 0.6 is 11.6 Å². The lowest BCUT2D eigenvalue weighted by Crippen LogP contribution is -2.26. The van der Waals surface area contributed by atoms with Crippen molar-refractivity contribution in [2.45, 2.75) is 47.3 Å². The third kappa shape index (κ3) is 4.35. The molecule has 0 radical (unpaired) electrons. The average molecular weight is 435 g/mol. The van der Waals surface area contributed by atoms with Crippen LogP contribution in [0.2, 0.25) is 5.02 Å². The van der Waals surface area contributed by atoms with Crippen LogP contribution < -0.4 is 5.32 Å². The maximum Gasteiger partial charge on any atom is 0.312 e. The van der Waals surface area contributed by atoms with Gasteiger partial charge in [0.05, 0.1) is 21.3 Å². The van der Waals surface area contributed by atoms with Gasteiger partial charge in [-0.2, -0.15) is 15.3 Å². The van der Waals surface area contributed by atoms with Crippen LogP contribution in [0.3, 0.4) is 0 Å². The van der Waals surface area contributed by atoms with Gasteiger partial charge in [0.1, 0.15) is 23.8 Å². The normalized spacial score (nSPS) is 11.1. The molecule has 160 valence electrons. The monoisotopic (exact) mass is 434 g/mol. The molecule has 3 heterocycles. The molecule has 0 aliphatic heterocycles. The molecule has 0 saturated carbocycles. The van der Waals surface area contributed by atoms with Gasteiger partial charge in [-0.3, -0.25) is 24.3 Å². The zero-order chi connectivity index (χ0) is 22.0. The van der Waals surface area contributed by atoms with E-state index in [2.05, 4.69) is 20.6 Å². The Labute approximate surface area is 177 Å². The minimum absolute atomic E-state index is 0.0102. The lowest BCUT2D eigenvalue weighted by atomic mass is 10.3. The summed E-state index contributed by atoms with van der Waals surface area (Å²) < 4.78 is 4.82. The molecule has 0 fully saturated rings. The largest absolute Gasteiger partial charge is 0.351 e. The van der Waals surface area contributed by atoms with Crippen LogP contribution in [0.5, 0.6) is 0 Å². The standard InChI is InChI=1S/C18H23ClN8O3/c1-11-16(19)13(3)25(21-11)8-5-7-20-18(28)15-6-9-24(23-15)10-26-14(4)17(27(29)30)12(2)22-26/h6,9H,5,7-8,10H2,1-4H3,(H,20,28). The lowest BCUT2D eigenvalue weighted by Gasteiger charge is -2.06. The highest BCUT2D eigenvalue weighted by molar-refractivity contribution is 6.31. The van der Waals surface area contributed by atoms with Crippen LogP contribution in [-0.4, -0.2) is 46.7 Å². The summed E-state index contributed by atoms with van der Waals surface area (Å²) in [7, 11) is 0. The number of carbonyl (C=O) groups excluding carboxylic acids is 1.